The molecule has 2 atom stereocenters. The highest BCUT2D eigenvalue weighted by Gasteiger charge is 2.47. The van der Waals surface area contributed by atoms with E-state index in [-0.39, 0.29) is 17.1 Å². The second kappa shape index (κ2) is 4.43. The number of rotatable bonds is 1. The zero-order chi connectivity index (χ0) is 11.9. The molecule has 88 valence electrons. The van der Waals surface area contributed by atoms with Gasteiger partial charge >= 0.3 is 0 Å². The summed E-state index contributed by atoms with van der Waals surface area (Å²) in [5, 5.41) is 0. The standard InChI is InChI=1S/C11H17Cl3O/c1-7-5-4-6-10(2,3)8(7)9(15)11(12,13)14/h7-8H,4-6H2,1-3H3. The molecule has 0 aromatic rings. The first-order valence-corrected chi connectivity index (χ1v) is 6.40. The quantitative estimate of drug-likeness (QED) is 0.647. The molecule has 0 heterocycles. The minimum Gasteiger partial charge on any atom is -0.295 e. The molecular formula is C11H17Cl3O. The third-order valence-corrected chi connectivity index (χ3v) is 4.01. The van der Waals surface area contributed by atoms with Crippen LogP contribution in [0.3, 0.4) is 0 Å². The van der Waals surface area contributed by atoms with Crippen molar-refractivity contribution in [2.24, 2.45) is 17.3 Å². The molecule has 0 radical (unpaired) electrons. The summed E-state index contributed by atoms with van der Waals surface area (Å²) in [6, 6.07) is 0. The van der Waals surface area contributed by atoms with Gasteiger partial charge in [-0.25, -0.2) is 0 Å². The third kappa shape index (κ3) is 3.01. The van der Waals surface area contributed by atoms with Crippen molar-refractivity contribution in [2.75, 3.05) is 0 Å². The first kappa shape index (κ1) is 13.6. The van der Waals surface area contributed by atoms with Crippen LogP contribution in [0.25, 0.3) is 0 Å². The average Bonchev–Trinajstić information content (AvgIpc) is 1.99. The summed E-state index contributed by atoms with van der Waals surface area (Å²) >= 11 is 17.1. The summed E-state index contributed by atoms with van der Waals surface area (Å²) in [6.45, 7) is 6.24. The van der Waals surface area contributed by atoms with Crippen LogP contribution in [0, 0.1) is 17.3 Å². The number of hydrogen-bond acceptors (Lipinski definition) is 1. The van der Waals surface area contributed by atoms with Crippen molar-refractivity contribution in [2.45, 2.75) is 43.8 Å². The maximum Gasteiger partial charge on any atom is 0.249 e. The molecule has 2 unspecified atom stereocenters. The van der Waals surface area contributed by atoms with Gasteiger partial charge in [0, 0.05) is 5.92 Å². The zero-order valence-corrected chi connectivity index (χ0v) is 11.6. The first-order chi connectivity index (χ1) is 6.66. The van der Waals surface area contributed by atoms with Crippen LogP contribution in [0.2, 0.25) is 0 Å². The monoisotopic (exact) mass is 270 g/mol. The summed E-state index contributed by atoms with van der Waals surface area (Å²) < 4.78 is -1.77. The number of ketones is 1. The van der Waals surface area contributed by atoms with Gasteiger partial charge in [-0.15, -0.1) is 0 Å². The molecule has 0 aromatic heterocycles. The molecule has 1 fully saturated rings. The van der Waals surface area contributed by atoms with Crippen molar-refractivity contribution < 1.29 is 4.79 Å². The number of carbonyl (C=O) groups excluding carboxylic acids is 1. The van der Waals surface area contributed by atoms with Gasteiger partial charge in [0.2, 0.25) is 3.79 Å². The SMILES string of the molecule is CC1CCCC(C)(C)C1C(=O)C(Cl)(Cl)Cl. The van der Waals surface area contributed by atoms with Gasteiger partial charge < -0.3 is 0 Å². The number of alkyl halides is 3. The van der Waals surface area contributed by atoms with Crippen LogP contribution < -0.4 is 0 Å². The molecule has 1 aliphatic carbocycles. The average molecular weight is 272 g/mol. The van der Waals surface area contributed by atoms with Crippen LogP contribution in [0.4, 0.5) is 0 Å². The first-order valence-electron chi connectivity index (χ1n) is 5.27. The predicted octanol–water partition coefficient (Wildman–Crippen LogP) is 4.39. The Balaban J connectivity index is 2.94. The minimum atomic E-state index is -1.77. The highest BCUT2D eigenvalue weighted by molar-refractivity contribution is 6.76. The van der Waals surface area contributed by atoms with E-state index < -0.39 is 3.79 Å². The van der Waals surface area contributed by atoms with Gasteiger partial charge in [-0.3, -0.25) is 4.79 Å². The lowest BCUT2D eigenvalue weighted by Crippen LogP contribution is -2.43. The summed E-state index contributed by atoms with van der Waals surface area (Å²) in [5.74, 6) is -0.0830. The van der Waals surface area contributed by atoms with Crippen LogP contribution in [-0.2, 0) is 4.79 Å². The lowest BCUT2D eigenvalue weighted by molar-refractivity contribution is -0.129. The Bertz CT molecular complexity index is 255. The second-order valence-corrected chi connectivity index (χ2v) is 7.48. The summed E-state index contributed by atoms with van der Waals surface area (Å²) in [4.78, 5) is 12.0. The Morgan fingerprint density at radius 2 is 1.87 bits per heavy atom. The van der Waals surface area contributed by atoms with Gasteiger partial charge in [0.1, 0.15) is 0 Å². The van der Waals surface area contributed by atoms with E-state index in [2.05, 4.69) is 20.8 Å². The van der Waals surface area contributed by atoms with Gasteiger partial charge in [-0.2, -0.15) is 0 Å². The van der Waals surface area contributed by atoms with Crippen molar-refractivity contribution in [3.63, 3.8) is 0 Å². The number of Topliss-reactive ketones (excluding diaryl/α,β-unsaturated/α-hetero) is 1. The topological polar surface area (TPSA) is 17.1 Å². The van der Waals surface area contributed by atoms with Gasteiger partial charge in [-0.05, 0) is 24.2 Å². The normalized spacial score (nSPS) is 31.3. The van der Waals surface area contributed by atoms with Gasteiger partial charge in [0.25, 0.3) is 0 Å². The molecule has 0 spiro atoms. The van der Waals surface area contributed by atoms with Crippen molar-refractivity contribution in [1.29, 1.82) is 0 Å². The number of halogens is 3. The van der Waals surface area contributed by atoms with Crippen LogP contribution in [0.15, 0.2) is 0 Å². The minimum absolute atomic E-state index is 0.0569. The Hall–Kier alpha value is 0.540. The Morgan fingerprint density at radius 3 is 2.27 bits per heavy atom. The molecule has 0 aromatic carbocycles. The molecule has 1 aliphatic rings. The number of hydrogen-bond donors (Lipinski definition) is 0. The van der Waals surface area contributed by atoms with Crippen LogP contribution in [0.1, 0.15) is 40.0 Å². The maximum absolute atomic E-state index is 12.0. The fraction of sp³-hybridized carbons (Fsp3) is 0.909. The zero-order valence-electron chi connectivity index (χ0n) is 9.32. The highest BCUT2D eigenvalue weighted by atomic mass is 35.6. The molecule has 0 aliphatic heterocycles. The number of carbonyl (C=O) groups is 1. The van der Waals surface area contributed by atoms with Crippen LogP contribution >= 0.6 is 34.8 Å². The maximum atomic E-state index is 12.0. The van der Waals surface area contributed by atoms with E-state index in [1.807, 2.05) is 0 Å². The van der Waals surface area contributed by atoms with Crippen molar-refractivity contribution in [1.82, 2.24) is 0 Å². The molecule has 1 nitrogen and oxygen atoms in total. The van der Waals surface area contributed by atoms with E-state index in [0.717, 1.165) is 19.3 Å². The smallest absolute Gasteiger partial charge is 0.249 e. The molecule has 1 rings (SSSR count). The fourth-order valence-electron chi connectivity index (χ4n) is 2.76. The van der Waals surface area contributed by atoms with E-state index in [1.54, 1.807) is 0 Å². The van der Waals surface area contributed by atoms with Gasteiger partial charge in [-0.1, -0.05) is 62.0 Å². The molecule has 1 saturated carbocycles. The van der Waals surface area contributed by atoms with E-state index in [4.69, 9.17) is 34.8 Å². The highest BCUT2D eigenvalue weighted by Crippen LogP contribution is 2.48. The van der Waals surface area contributed by atoms with E-state index in [0.29, 0.717) is 5.92 Å². The van der Waals surface area contributed by atoms with Crippen LogP contribution in [0.5, 0.6) is 0 Å². The van der Waals surface area contributed by atoms with Crippen LogP contribution in [-0.4, -0.2) is 9.58 Å². The molecule has 0 saturated heterocycles. The van der Waals surface area contributed by atoms with Gasteiger partial charge in [0.05, 0.1) is 0 Å². The third-order valence-electron chi connectivity index (χ3n) is 3.45. The van der Waals surface area contributed by atoms with E-state index in [9.17, 15) is 4.79 Å². The summed E-state index contributed by atoms with van der Waals surface area (Å²) in [6.07, 6.45) is 3.22. The molecule has 0 N–H and O–H groups in total. The van der Waals surface area contributed by atoms with E-state index in [1.165, 1.54) is 0 Å². The lowest BCUT2D eigenvalue weighted by Gasteiger charge is -2.42. The van der Waals surface area contributed by atoms with Crippen molar-refractivity contribution >= 4 is 40.6 Å². The summed E-state index contributed by atoms with van der Waals surface area (Å²) in [5.41, 5.74) is -0.0569. The fourth-order valence-corrected chi connectivity index (χ4v) is 3.11. The Labute approximate surface area is 106 Å². The molecule has 0 amide bonds. The van der Waals surface area contributed by atoms with Gasteiger partial charge in [0.15, 0.2) is 5.78 Å². The predicted molar refractivity (Wildman–Crippen MR) is 65.6 cm³/mol. The molecule has 15 heavy (non-hydrogen) atoms. The van der Waals surface area contributed by atoms with Crippen molar-refractivity contribution in [3.05, 3.63) is 0 Å². The Morgan fingerprint density at radius 1 is 1.33 bits per heavy atom. The Kier molecular flexibility index (Phi) is 4.01. The summed E-state index contributed by atoms with van der Waals surface area (Å²) in [7, 11) is 0. The largest absolute Gasteiger partial charge is 0.295 e. The molecular weight excluding hydrogens is 254 g/mol. The lowest BCUT2D eigenvalue weighted by atomic mass is 9.63. The molecule has 4 heteroatoms. The molecule has 0 bridgehead atoms. The second-order valence-electron chi connectivity index (χ2n) is 5.20. The van der Waals surface area contributed by atoms with E-state index >= 15 is 0 Å². The van der Waals surface area contributed by atoms with Crippen molar-refractivity contribution in [3.8, 4) is 0 Å².